The van der Waals surface area contributed by atoms with Crippen LogP contribution in [0.25, 0.3) is 0 Å². The summed E-state index contributed by atoms with van der Waals surface area (Å²) in [6, 6.07) is 0. The van der Waals surface area contributed by atoms with Crippen LogP contribution in [0.4, 0.5) is 5.82 Å². The average molecular weight is 223 g/mol. The maximum absolute atomic E-state index is 9.34. The molecule has 16 heavy (non-hydrogen) atoms. The summed E-state index contributed by atoms with van der Waals surface area (Å²) in [6.45, 7) is 6.62. The number of nitrogens with zero attached hydrogens (tertiary/aromatic N) is 3. The van der Waals surface area contributed by atoms with E-state index in [-0.39, 0.29) is 6.61 Å². The van der Waals surface area contributed by atoms with E-state index in [2.05, 4.69) is 16.6 Å². The van der Waals surface area contributed by atoms with Crippen LogP contribution in [0.2, 0.25) is 0 Å². The molecule has 0 fully saturated rings. The lowest BCUT2D eigenvalue weighted by Crippen LogP contribution is -2.22. The lowest BCUT2D eigenvalue weighted by atomic mass is 10.2. The number of aromatic nitrogens is 2. The number of aryl methyl sites for hydroxylation is 2. The van der Waals surface area contributed by atoms with Gasteiger partial charge in [0.15, 0.2) is 0 Å². The van der Waals surface area contributed by atoms with E-state index in [0.717, 1.165) is 36.5 Å². The molecule has 0 saturated carbocycles. The molecule has 1 N–H and O–H groups in total. The Hall–Kier alpha value is -1.29. The van der Waals surface area contributed by atoms with Crippen molar-refractivity contribution in [2.45, 2.75) is 26.4 Å². The summed E-state index contributed by atoms with van der Waals surface area (Å²) in [5, 5.41) is 13.7. The molecule has 0 radical (unpaired) electrons. The SMILES string of the molecule is C=CCCCN(C)c1c(CO)c(C)nn1C. The molecule has 1 aromatic rings. The van der Waals surface area contributed by atoms with E-state index >= 15 is 0 Å². The zero-order chi connectivity index (χ0) is 12.1. The van der Waals surface area contributed by atoms with Crippen LogP contribution in [0.1, 0.15) is 24.1 Å². The Bertz CT molecular complexity index is 357. The van der Waals surface area contributed by atoms with Gasteiger partial charge in [0.2, 0.25) is 0 Å². The first kappa shape index (κ1) is 12.8. The van der Waals surface area contributed by atoms with Crippen molar-refractivity contribution in [1.82, 2.24) is 9.78 Å². The van der Waals surface area contributed by atoms with Crippen molar-refractivity contribution in [2.24, 2.45) is 7.05 Å². The van der Waals surface area contributed by atoms with Crippen molar-refractivity contribution in [3.8, 4) is 0 Å². The molecule has 0 bridgehead atoms. The molecular formula is C12H21N3O. The maximum Gasteiger partial charge on any atom is 0.132 e. The number of anilines is 1. The predicted octanol–water partition coefficient (Wildman–Crippen LogP) is 1.62. The molecule has 0 aliphatic heterocycles. The summed E-state index contributed by atoms with van der Waals surface area (Å²) in [7, 11) is 3.93. The van der Waals surface area contributed by atoms with Gasteiger partial charge in [-0.3, -0.25) is 4.68 Å². The zero-order valence-corrected chi connectivity index (χ0v) is 10.4. The zero-order valence-electron chi connectivity index (χ0n) is 10.4. The molecule has 90 valence electrons. The Kier molecular flexibility index (Phi) is 4.55. The Balaban J connectivity index is 2.80. The van der Waals surface area contributed by atoms with E-state index in [0.29, 0.717) is 0 Å². The maximum atomic E-state index is 9.34. The van der Waals surface area contributed by atoms with Gasteiger partial charge in [-0.2, -0.15) is 5.10 Å². The minimum absolute atomic E-state index is 0.0425. The molecule has 1 aromatic heterocycles. The average Bonchev–Trinajstić information content (AvgIpc) is 2.53. The van der Waals surface area contributed by atoms with Crippen LogP contribution in [0.3, 0.4) is 0 Å². The van der Waals surface area contributed by atoms with Gasteiger partial charge in [-0.05, 0) is 19.8 Å². The number of hydrogen-bond donors (Lipinski definition) is 1. The highest BCUT2D eigenvalue weighted by atomic mass is 16.3. The Morgan fingerprint density at radius 3 is 2.81 bits per heavy atom. The molecule has 0 aromatic carbocycles. The summed E-state index contributed by atoms with van der Waals surface area (Å²) < 4.78 is 1.83. The molecule has 4 nitrogen and oxygen atoms in total. The largest absolute Gasteiger partial charge is 0.391 e. The third-order valence-corrected chi connectivity index (χ3v) is 2.73. The van der Waals surface area contributed by atoms with Crippen molar-refractivity contribution >= 4 is 5.82 Å². The fourth-order valence-electron chi connectivity index (χ4n) is 1.93. The fraction of sp³-hybridized carbons (Fsp3) is 0.583. The van der Waals surface area contributed by atoms with Gasteiger partial charge in [-0.15, -0.1) is 6.58 Å². The predicted molar refractivity (Wildman–Crippen MR) is 66.6 cm³/mol. The lowest BCUT2D eigenvalue weighted by Gasteiger charge is -2.20. The van der Waals surface area contributed by atoms with Crippen molar-refractivity contribution in [3.63, 3.8) is 0 Å². The van der Waals surface area contributed by atoms with Gasteiger partial charge in [-0.1, -0.05) is 6.08 Å². The number of allylic oxidation sites excluding steroid dienone is 1. The quantitative estimate of drug-likeness (QED) is 0.588. The fourth-order valence-corrected chi connectivity index (χ4v) is 1.93. The molecule has 0 saturated heterocycles. The molecule has 4 heteroatoms. The van der Waals surface area contributed by atoms with Crippen LogP contribution in [-0.4, -0.2) is 28.5 Å². The highest BCUT2D eigenvalue weighted by Crippen LogP contribution is 2.22. The van der Waals surface area contributed by atoms with Crippen LogP contribution >= 0.6 is 0 Å². The van der Waals surface area contributed by atoms with E-state index in [1.165, 1.54) is 0 Å². The molecule has 0 atom stereocenters. The Morgan fingerprint density at radius 2 is 2.25 bits per heavy atom. The standard InChI is InChI=1S/C12H21N3O/c1-5-6-7-8-14(3)12-11(9-16)10(2)13-15(12)4/h5,16H,1,6-9H2,2-4H3. The van der Waals surface area contributed by atoms with Crippen molar-refractivity contribution in [2.75, 3.05) is 18.5 Å². The summed E-state index contributed by atoms with van der Waals surface area (Å²) in [4.78, 5) is 2.13. The summed E-state index contributed by atoms with van der Waals surface area (Å²) >= 11 is 0. The highest BCUT2D eigenvalue weighted by molar-refractivity contribution is 5.49. The first-order chi connectivity index (χ1) is 7.61. The van der Waals surface area contributed by atoms with Crippen molar-refractivity contribution in [1.29, 1.82) is 0 Å². The molecule has 0 aliphatic rings. The topological polar surface area (TPSA) is 41.3 Å². The van der Waals surface area contributed by atoms with Gasteiger partial charge >= 0.3 is 0 Å². The van der Waals surface area contributed by atoms with E-state index < -0.39 is 0 Å². The lowest BCUT2D eigenvalue weighted by molar-refractivity contribution is 0.281. The molecule has 1 rings (SSSR count). The number of aliphatic hydroxyl groups is 1. The normalized spacial score (nSPS) is 10.5. The van der Waals surface area contributed by atoms with Gasteiger partial charge in [0.25, 0.3) is 0 Å². The van der Waals surface area contributed by atoms with Gasteiger partial charge in [0.05, 0.1) is 12.3 Å². The van der Waals surface area contributed by atoms with E-state index in [9.17, 15) is 5.11 Å². The van der Waals surface area contributed by atoms with Crippen molar-refractivity contribution < 1.29 is 5.11 Å². The highest BCUT2D eigenvalue weighted by Gasteiger charge is 2.15. The number of aliphatic hydroxyl groups excluding tert-OH is 1. The first-order valence-electron chi connectivity index (χ1n) is 5.57. The molecule has 1 heterocycles. The van der Waals surface area contributed by atoms with Crippen LogP contribution in [0.15, 0.2) is 12.7 Å². The number of hydrogen-bond acceptors (Lipinski definition) is 3. The van der Waals surface area contributed by atoms with Crippen LogP contribution < -0.4 is 4.90 Å². The smallest absolute Gasteiger partial charge is 0.132 e. The second-order valence-electron chi connectivity index (χ2n) is 4.02. The summed E-state index contributed by atoms with van der Waals surface area (Å²) in [6.07, 6.45) is 4.00. The van der Waals surface area contributed by atoms with Gasteiger partial charge in [-0.25, -0.2) is 0 Å². The molecule has 0 amide bonds. The Morgan fingerprint density at radius 1 is 1.56 bits per heavy atom. The second-order valence-corrected chi connectivity index (χ2v) is 4.02. The third-order valence-electron chi connectivity index (χ3n) is 2.73. The third kappa shape index (κ3) is 2.64. The number of unbranched alkanes of at least 4 members (excludes halogenated alkanes) is 1. The first-order valence-corrected chi connectivity index (χ1v) is 5.57. The summed E-state index contributed by atoms with van der Waals surface area (Å²) in [5.74, 6) is 1.00. The van der Waals surface area contributed by atoms with Gasteiger partial charge in [0, 0.05) is 26.2 Å². The van der Waals surface area contributed by atoms with Crippen LogP contribution in [-0.2, 0) is 13.7 Å². The number of rotatable bonds is 6. The van der Waals surface area contributed by atoms with Gasteiger partial charge in [0.1, 0.15) is 5.82 Å². The van der Waals surface area contributed by atoms with Crippen molar-refractivity contribution in [3.05, 3.63) is 23.9 Å². The molecular weight excluding hydrogens is 202 g/mol. The molecule has 0 aliphatic carbocycles. The second kappa shape index (κ2) is 5.70. The minimum Gasteiger partial charge on any atom is -0.391 e. The minimum atomic E-state index is 0.0425. The van der Waals surface area contributed by atoms with Crippen LogP contribution in [0, 0.1) is 6.92 Å². The summed E-state index contributed by atoms with van der Waals surface area (Å²) in [5.41, 5.74) is 1.82. The van der Waals surface area contributed by atoms with Gasteiger partial charge < -0.3 is 10.0 Å². The molecule has 0 unspecified atom stereocenters. The van der Waals surface area contributed by atoms with E-state index in [1.54, 1.807) is 0 Å². The monoisotopic (exact) mass is 223 g/mol. The van der Waals surface area contributed by atoms with E-state index in [4.69, 9.17) is 0 Å². The molecule has 0 spiro atoms. The van der Waals surface area contributed by atoms with Crippen LogP contribution in [0.5, 0.6) is 0 Å². The Labute approximate surface area is 97.2 Å². The van der Waals surface area contributed by atoms with E-state index in [1.807, 2.05) is 31.8 Å².